The molecule has 0 N–H and O–H groups in total. The molecule has 8 heteroatoms. The monoisotopic (exact) mass is 352 g/mol. The molecule has 1 aromatic rings. The Bertz CT molecular complexity index is 518. The molecule has 0 amide bonds. The summed E-state index contributed by atoms with van der Waals surface area (Å²) in [6, 6.07) is 3.98. The Hall–Kier alpha value is -1.31. The zero-order valence-electron chi connectivity index (χ0n) is 10.4. The van der Waals surface area contributed by atoms with E-state index < -0.39 is 17.6 Å². The van der Waals surface area contributed by atoms with Gasteiger partial charge < -0.3 is 4.90 Å². The third-order valence-electron chi connectivity index (χ3n) is 3.07. The summed E-state index contributed by atoms with van der Waals surface area (Å²) in [5.41, 5.74) is 0.665. The molecular formula is C12H12BrF3N2O2. The van der Waals surface area contributed by atoms with Crippen molar-refractivity contribution in [2.75, 3.05) is 11.4 Å². The van der Waals surface area contributed by atoms with E-state index in [1.165, 1.54) is 23.1 Å². The van der Waals surface area contributed by atoms with Crippen LogP contribution in [0.3, 0.4) is 0 Å². The summed E-state index contributed by atoms with van der Waals surface area (Å²) in [6.07, 6.45) is -2.85. The third-order valence-corrected chi connectivity index (χ3v) is 3.68. The Morgan fingerprint density at radius 1 is 1.40 bits per heavy atom. The molecule has 0 bridgehead atoms. The topological polar surface area (TPSA) is 46.4 Å². The number of alkyl halides is 4. The average molecular weight is 353 g/mol. The highest BCUT2D eigenvalue weighted by molar-refractivity contribution is 9.08. The second kappa shape index (κ2) is 5.59. The lowest BCUT2D eigenvalue weighted by Crippen LogP contribution is -2.36. The number of nitro groups is 1. The number of halogens is 4. The minimum absolute atomic E-state index is 0.0895. The number of hydrogen-bond donors (Lipinski definition) is 0. The number of nitrogens with zero attached hydrogens (tertiary/aromatic N) is 2. The lowest BCUT2D eigenvalue weighted by atomic mass is 10.1. The maximum Gasteiger partial charge on any atom is 0.405 e. The zero-order chi connectivity index (χ0) is 14.9. The molecule has 0 spiro atoms. The van der Waals surface area contributed by atoms with Crippen molar-refractivity contribution < 1.29 is 18.1 Å². The Morgan fingerprint density at radius 3 is 2.50 bits per heavy atom. The molecule has 20 heavy (non-hydrogen) atoms. The molecule has 0 aliphatic heterocycles. The second-order valence-corrected chi connectivity index (χ2v) is 5.24. The zero-order valence-corrected chi connectivity index (χ0v) is 11.9. The van der Waals surface area contributed by atoms with Crippen molar-refractivity contribution in [2.24, 2.45) is 0 Å². The van der Waals surface area contributed by atoms with Gasteiger partial charge in [-0.25, -0.2) is 0 Å². The average Bonchev–Trinajstić information content (AvgIpc) is 3.18. The molecule has 1 aliphatic carbocycles. The van der Waals surface area contributed by atoms with Gasteiger partial charge in [-0.3, -0.25) is 10.1 Å². The second-order valence-electron chi connectivity index (χ2n) is 4.68. The van der Waals surface area contributed by atoms with Gasteiger partial charge in [-0.05, 0) is 25.0 Å². The fraction of sp³-hybridized carbons (Fsp3) is 0.500. The largest absolute Gasteiger partial charge is 0.405 e. The molecular weight excluding hydrogens is 341 g/mol. The van der Waals surface area contributed by atoms with E-state index >= 15 is 0 Å². The molecule has 0 unspecified atom stereocenters. The number of anilines is 1. The summed E-state index contributed by atoms with van der Waals surface area (Å²) in [5, 5.41) is 11.1. The Labute approximate surface area is 121 Å². The first-order valence-electron chi connectivity index (χ1n) is 5.98. The summed E-state index contributed by atoms with van der Waals surface area (Å²) < 4.78 is 37.8. The number of rotatable bonds is 5. The highest BCUT2D eigenvalue weighted by atomic mass is 79.9. The minimum atomic E-state index is -4.29. The lowest BCUT2D eigenvalue weighted by molar-refractivity contribution is -0.385. The van der Waals surface area contributed by atoms with Crippen molar-refractivity contribution in [3.8, 4) is 0 Å². The van der Waals surface area contributed by atoms with Crippen LogP contribution in [-0.2, 0) is 5.33 Å². The van der Waals surface area contributed by atoms with Gasteiger partial charge in [0.25, 0.3) is 5.69 Å². The lowest BCUT2D eigenvalue weighted by Gasteiger charge is -2.26. The van der Waals surface area contributed by atoms with Crippen molar-refractivity contribution in [1.29, 1.82) is 0 Å². The molecule has 1 saturated carbocycles. The van der Waals surface area contributed by atoms with E-state index in [9.17, 15) is 23.3 Å². The van der Waals surface area contributed by atoms with Gasteiger partial charge in [-0.1, -0.05) is 15.9 Å². The van der Waals surface area contributed by atoms with Crippen molar-refractivity contribution in [1.82, 2.24) is 0 Å². The van der Waals surface area contributed by atoms with Crippen LogP contribution in [0.1, 0.15) is 18.4 Å². The molecule has 0 saturated heterocycles. The van der Waals surface area contributed by atoms with Crippen molar-refractivity contribution in [2.45, 2.75) is 30.4 Å². The van der Waals surface area contributed by atoms with Crippen LogP contribution in [0.15, 0.2) is 18.2 Å². The van der Waals surface area contributed by atoms with Crippen LogP contribution in [0.5, 0.6) is 0 Å². The van der Waals surface area contributed by atoms with Crippen LogP contribution in [0.4, 0.5) is 24.5 Å². The van der Waals surface area contributed by atoms with Crippen molar-refractivity contribution in [3.63, 3.8) is 0 Å². The molecule has 1 aromatic carbocycles. The first-order valence-corrected chi connectivity index (χ1v) is 7.10. The molecule has 1 fully saturated rings. The first-order chi connectivity index (χ1) is 9.31. The van der Waals surface area contributed by atoms with Gasteiger partial charge in [0.15, 0.2) is 0 Å². The first kappa shape index (κ1) is 15.1. The van der Waals surface area contributed by atoms with Gasteiger partial charge in [0.2, 0.25) is 0 Å². The van der Waals surface area contributed by atoms with Crippen molar-refractivity contribution >= 4 is 27.3 Å². The smallest absolute Gasteiger partial charge is 0.360 e. The molecule has 4 nitrogen and oxygen atoms in total. The fourth-order valence-corrected chi connectivity index (χ4v) is 2.50. The summed E-state index contributed by atoms with van der Waals surface area (Å²) >= 11 is 3.13. The summed E-state index contributed by atoms with van der Waals surface area (Å²) in [5.74, 6) is 0. The van der Waals surface area contributed by atoms with E-state index in [1.807, 2.05) is 0 Å². The van der Waals surface area contributed by atoms with E-state index in [-0.39, 0.29) is 17.1 Å². The number of nitro benzene ring substituents is 1. The standard InChI is InChI=1S/C12H12BrF3N2O2/c13-6-8-5-10(3-4-11(8)18(19)20)17(9-1-2-9)7-12(14,15)16/h3-5,9H,1-2,6-7H2. The maximum atomic E-state index is 12.6. The predicted octanol–water partition coefficient (Wildman–Crippen LogP) is 4.02. The molecule has 1 aliphatic rings. The van der Waals surface area contributed by atoms with Crippen LogP contribution < -0.4 is 4.90 Å². The highest BCUT2D eigenvalue weighted by Gasteiger charge is 2.38. The molecule has 0 aromatic heterocycles. The highest BCUT2D eigenvalue weighted by Crippen LogP contribution is 2.36. The SMILES string of the molecule is O=[N+]([O-])c1ccc(N(CC(F)(F)F)C2CC2)cc1CBr. The van der Waals surface area contributed by atoms with Crippen LogP contribution in [0, 0.1) is 10.1 Å². The normalized spacial score (nSPS) is 15.2. The molecule has 0 heterocycles. The number of benzene rings is 1. The van der Waals surface area contributed by atoms with Gasteiger partial charge >= 0.3 is 6.18 Å². The Morgan fingerprint density at radius 2 is 2.05 bits per heavy atom. The summed E-state index contributed by atoms with van der Waals surface area (Å²) in [7, 11) is 0. The Kier molecular flexibility index (Phi) is 4.22. The third kappa shape index (κ3) is 3.62. The van der Waals surface area contributed by atoms with Crippen LogP contribution in [-0.4, -0.2) is 23.7 Å². The van der Waals surface area contributed by atoms with Gasteiger partial charge in [0, 0.05) is 28.7 Å². The van der Waals surface area contributed by atoms with E-state index in [2.05, 4.69) is 15.9 Å². The van der Waals surface area contributed by atoms with Crippen LogP contribution in [0.2, 0.25) is 0 Å². The van der Waals surface area contributed by atoms with Crippen LogP contribution in [0.25, 0.3) is 0 Å². The molecule has 110 valence electrons. The van der Waals surface area contributed by atoms with Gasteiger partial charge in [-0.2, -0.15) is 13.2 Å². The Balaban J connectivity index is 2.32. The van der Waals surface area contributed by atoms with Gasteiger partial charge in [-0.15, -0.1) is 0 Å². The number of hydrogen-bond acceptors (Lipinski definition) is 3. The van der Waals surface area contributed by atoms with Gasteiger partial charge in [0.1, 0.15) is 6.54 Å². The van der Waals surface area contributed by atoms with Gasteiger partial charge in [0.05, 0.1) is 4.92 Å². The quantitative estimate of drug-likeness (QED) is 0.456. The fourth-order valence-electron chi connectivity index (χ4n) is 2.05. The van der Waals surface area contributed by atoms with Crippen molar-refractivity contribution in [3.05, 3.63) is 33.9 Å². The molecule has 0 atom stereocenters. The van der Waals surface area contributed by atoms with Crippen LogP contribution >= 0.6 is 15.9 Å². The minimum Gasteiger partial charge on any atom is -0.360 e. The van der Waals surface area contributed by atoms with E-state index in [0.717, 1.165) is 12.8 Å². The molecule has 2 rings (SSSR count). The van der Waals surface area contributed by atoms with E-state index in [4.69, 9.17) is 0 Å². The summed E-state index contributed by atoms with van der Waals surface area (Å²) in [4.78, 5) is 11.6. The van der Waals surface area contributed by atoms with E-state index in [0.29, 0.717) is 11.3 Å². The molecule has 0 radical (unpaired) electrons. The summed E-state index contributed by atoms with van der Waals surface area (Å²) in [6.45, 7) is -1.03. The maximum absolute atomic E-state index is 12.6. The predicted molar refractivity (Wildman–Crippen MR) is 72.2 cm³/mol. The van der Waals surface area contributed by atoms with E-state index in [1.54, 1.807) is 0 Å².